The summed E-state index contributed by atoms with van der Waals surface area (Å²) in [4.78, 5) is 12.7. The number of benzene rings is 2. The molecule has 126 valence electrons. The summed E-state index contributed by atoms with van der Waals surface area (Å²) >= 11 is 5.94. The number of carbonyl (C=O) groups is 1. The summed E-state index contributed by atoms with van der Waals surface area (Å²) in [5.41, 5.74) is 2.84. The molecule has 0 radical (unpaired) electrons. The predicted octanol–water partition coefficient (Wildman–Crippen LogP) is 3.97. The zero-order valence-electron chi connectivity index (χ0n) is 13.8. The molecule has 1 aromatic heterocycles. The zero-order valence-corrected chi connectivity index (χ0v) is 14.6. The molecule has 5 heteroatoms. The first-order chi connectivity index (χ1) is 11.9. The van der Waals surface area contributed by atoms with Crippen LogP contribution in [-0.4, -0.2) is 16.0 Å². The Balaban J connectivity index is 1.91. The highest BCUT2D eigenvalue weighted by Gasteiger charge is 2.46. The molecule has 4 rings (SSSR count). The summed E-state index contributed by atoms with van der Waals surface area (Å²) in [6.45, 7) is 3.72. The van der Waals surface area contributed by atoms with Gasteiger partial charge in [0.15, 0.2) is 11.4 Å². The van der Waals surface area contributed by atoms with Crippen LogP contribution in [0.1, 0.15) is 28.1 Å². The van der Waals surface area contributed by atoms with Gasteiger partial charge >= 0.3 is 0 Å². The van der Waals surface area contributed by atoms with Crippen LogP contribution < -0.4 is 0 Å². The quantitative estimate of drug-likeness (QED) is 0.757. The second-order valence-electron chi connectivity index (χ2n) is 6.39. The minimum absolute atomic E-state index is 0.205. The van der Waals surface area contributed by atoms with Crippen molar-refractivity contribution in [2.45, 2.75) is 25.9 Å². The number of hydrogen-bond donors (Lipinski definition) is 1. The second-order valence-corrected chi connectivity index (χ2v) is 6.82. The van der Waals surface area contributed by atoms with E-state index in [1.165, 1.54) is 0 Å². The molecule has 0 bridgehead atoms. The van der Waals surface area contributed by atoms with Crippen LogP contribution in [0.4, 0.5) is 0 Å². The number of rotatable bonds is 2. The van der Waals surface area contributed by atoms with E-state index >= 15 is 0 Å². The molecule has 1 N–H and O–H groups in total. The van der Waals surface area contributed by atoms with Crippen LogP contribution in [0.25, 0.3) is 11.1 Å². The number of hydrogen-bond acceptors (Lipinski definition) is 4. The fourth-order valence-corrected chi connectivity index (χ4v) is 3.70. The molecule has 3 aromatic rings. The van der Waals surface area contributed by atoms with Gasteiger partial charge in [-0.3, -0.25) is 4.79 Å². The van der Waals surface area contributed by atoms with Gasteiger partial charge in [-0.1, -0.05) is 41.0 Å². The lowest BCUT2D eigenvalue weighted by molar-refractivity contribution is -0.131. The zero-order chi connectivity index (χ0) is 17.8. The molecule has 1 atom stereocenters. The SMILES string of the molecule is Cc1noc(C)c1-c1ccc2c(c1)C(O)(c1ccc(Cl)cc1)C(=O)C2. The summed E-state index contributed by atoms with van der Waals surface area (Å²) in [7, 11) is 0. The molecule has 0 aliphatic heterocycles. The number of nitrogens with zero attached hydrogens (tertiary/aromatic N) is 1. The molecule has 1 aliphatic rings. The third kappa shape index (κ3) is 2.33. The molecule has 1 unspecified atom stereocenters. The maximum atomic E-state index is 12.7. The van der Waals surface area contributed by atoms with Crippen LogP contribution >= 0.6 is 11.6 Å². The van der Waals surface area contributed by atoms with Gasteiger partial charge in [0.25, 0.3) is 0 Å². The molecular formula is C20H16ClNO3. The Kier molecular flexibility index (Phi) is 3.56. The maximum Gasteiger partial charge on any atom is 0.177 e. The lowest BCUT2D eigenvalue weighted by Crippen LogP contribution is -2.33. The predicted molar refractivity (Wildman–Crippen MR) is 94.6 cm³/mol. The Morgan fingerprint density at radius 3 is 2.52 bits per heavy atom. The van der Waals surface area contributed by atoms with Gasteiger partial charge in [0.05, 0.1) is 5.69 Å². The molecule has 0 saturated carbocycles. The van der Waals surface area contributed by atoms with Crippen LogP contribution in [0.2, 0.25) is 5.02 Å². The lowest BCUT2D eigenvalue weighted by Gasteiger charge is -2.23. The van der Waals surface area contributed by atoms with Crippen LogP contribution in [0.5, 0.6) is 0 Å². The summed E-state index contributed by atoms with van der Waals surface area (Å²) in [5, 5.41) is 15.8. The van der Waals surface area contributed by atoms with Crippen molar-refractivity contribution in [2.24, 2.45) is 0 Å². The smallest absolute Gasteiger partial charge is 0.177 e. The molecule has 4 nitrogen and oxygen atoms in total. The highest BCUT2D eigenvalue weighted by Crippen LogP contribution is 2.42. The Morgan fingerprint density at radius 2 is 1.88 bits per heavy atom. The molecule has 0 fully saturated rings. The fourth-order valence-electron chi connectivity index (χ4n) is 3.58. The number of halogens is 1. The molecule has 2 aromatic carbocycles. The van der Waals surface area contributed by atoms with Crippen molar-refractivity contribution in [3.05, 3.63) is 75.6 Å². The average molecular weight is 354 g/mol. The van der Waals surface area contributed by atoms with Gasteiger partial charge in [0.2, 0.25) is 0 Å². The Hall–Kier alpha value is -2.43. The Bertz CT molecular complexity index is 971. The van der Waals surface area contributed by atoms with Crippen molar-refractivity contribution in [3.63, 3.8) is 0 Å². The molecule has 1 heterocycles. The number of fused-ring (bicyclic) bond motifs is 1. The third-order valence-electron chi connectivity index (χ3n) is 4.84. The van der Waals surface area contributed by atoms with Crippen LogP contribution in [0, 0.1) is 13.8 Å². The normalized spacial score (nSPS) is 19.3. The van der Waals surface area contributed by atoms with Crippen molar-refractivity contribution in [3.8, 4) is 11.1 Å². The van der Waals surface area contributed by atoms with Crippen molar-refractivity contribution in [1.29, 1.82) is 0 Å². The van der Waals surface area contributed by atoms with Gasteiger partial charge in [-0.05, 0) is 54.3 Å². The summed E-state index contributed by atoms with van der Waals surface area (Å²) in [5.74, 6) is 0.470. The highest BCUT2D eigenvalue weighted by molar-refractivity contribution is 6.30. The monoisotopic (exact) mass is 353 g/mol. The van der Waals surface area contributed by atoms with Crippen molar-refractivity contribution in [1.82, 2.24) is 5.16 Å². The molecular weight excluding hydrogens is 338 g/mol. The third-order valence-corrected chi connectivity index (χ3v) is 5.09. The Morgan fingerprint density at radius 1 is 1.16 bits per heavy atom. The van der Waals surface area contributed by atoms with Crippen molar-refractivity contribution >= 4 is 17.4 Å². The van der Waals surface area contributed by atoms with Crippen molar-refractivity contribution < 1.29 is 14.4 Å². The van der Waals surface area contributed by atoms with E-state index in [1.807, 2.05) is 32.0 Å². The fraction of sp³-hybridized carbons (Fsp3) is 0.200. The number of aliphatic hydroxyl groups is 1. The minimum atomic E-state index is -1.66. The first-order valence-electron chi connectivity index (χ1n) is 7.99. The first-order valence-corrected chi connectivity index (χ1v) is 8.37. The van der Waals surface area contributed by atoms with E-state index in [1.54, 1.807) is 24.3 Å². The second kappa shape index (κ2) is 5.55. The summed E-state index contributed by atoms with van der Waals surface area (Å²) in [6.07, 6.45) is 0.205. The minimum Gasteiger partial charge on any atom is -0.373 e. The van der Waals surface area contributed by atoms with Gasteiger partial charge < -0.3 is 9.63 Å². The summed E-state index contributed by atoms with van der Waals surface area (Å²) < 4.78 is 5.25. The first kappa shape index (κ1) is 16.1. The number of Topliss-reactive ketones (excluding diaryl/α,β-unsaturated/α-hetero) is 1. The van der Waals surface area contributed by atoms with Crippen molar-refractivity contribution in [2.75, 3.05) is 0 Å². The molecule has 25 heavy (non-hydrogen) atoms. The van der Waals surface area contributed by atoms with E-state index in [2.05, 4.69) is 5.16 Å². The van der Waals surface area contributed by atoms with Gasteiger partial charge in [-0.25, -0.2) is 0 Å². The van der Waals surface area contributed by atoms with Gasteiger partial charge in [0.1, 0.15) is 5.76 Å². The highest BCUT2D eigenvalue weighted by atomic mass is 35.5. The van der Waals surface area contributed by atoms with E-state index in [4.69, 9.17) is 16.1 Å². The van der Waals surface area contributed by atoms with Crippen LogP contribution in [0.15, 0.2) is 47.0 Å². The van der Waals surface area contributed by atoms with E-state index in [-0.39, 0.29) is 12.2 Å². The van der Waals surface area contributed by atoms with Crippen LogP contribution in [-0.2, 0) is 16.8 Å². The van der Waals surface area contributed by atoms with E-state index in [0.717, 1.165) is 22.4 Å². The summed E-state index contributed by atoms with van der Waals surface area (Å²) in [6, 6.07) is 12.4. The van der Waals surface area contributed by atoms with Gasteiger partial charge in [-0.15, -0.1) is 0 Å². The largest absolute Gasteiger partial charge is 0.373 e. The topological polar surface area (TPSA) is 63.3 Å². The molecule has 0 amide bonds. The number of aryl methyl sites for hydroxylation is 2. The molecule has 1 aliphatic carbocycles. The number of aromatic nitrogens is 1. The van der Waals surface area contributed by atoms with E-state index in [0.29, 0.717) is 21.9 Å². The lowest BCUT2D eigenvalue weighted by atomic mass is 9.86. The van der Waals surface area contributed by atoms with Crippen LogP contribution in [0.3, 0.4) is 0 Å². The van der Waals surface area contributed by atoms with Gasteiger partial charge in [-0.2, -0.15) is 0 Å². The molecule has 0 spiro atoms. The standard InChI is InChI=1S/C20H16ClNO3/c1-11-19(12(2)25-22-11)14-4-3-13-10-18(23)20(24,17(13)9-14)15-5-7-16(21)8-6-15/h3-9,24H,10H2,1-2H3. The molecule has 0 saturated heterocycles. The van der Waals surface area contributed by atoms with E-state index in [9.17, 15) is 9.90 Å². The van der Waals surface area contributed by atoms with Gasteiger partial charge in [0, 0.05) is 17.0 Å². The maximum absolute atomic E-state index is 12.7. The van der Waals surface area contributed by atoms with E-state index < -0.39 is 5.60 Å². The number of carbonyl (C=O) groups excluding carboxylic acids is 1. The number of ketones is 1. The Labute approximate surface area is 150 Å². The average Bonchev–Trinajstić information content (AvgIpc) is 3.06.